The Morgan fingerprint density at radius 1 is 1.25 bits per heavy atom. The van der Waals surface area contributed by atoms with Crippen molar-refractivity contribution >= 4 is 23.5 Å². The summed E-state index contributed by atoms with van der Waals surface area (Å²) in [5, 5.41) is 4.74. The molecule has 3 amide bonds. The molecule has 0 radical (unpaired) electrons. The average molecular weight is 301 g/mol. The van der Waals surface area contributed by atoms with Crippen LogP contribution in [0.5, 0.6) is 11.5 Å². The lowest BCUT2D eigenvalue weighted by molar-refractivity contribution is -0.119. The van der Waals surface area contributed by atoms with Gasteiger partial charge in [0.1, 0.15) is 11.5 Å². The molecule has 0 aliphatic heterocycles. The predicted molar refractivity (Wildman–Crippen MR) is 75.3 cm³/mol. The number of urea groups is 1. The lowest BCUT2D eigenvalue weighted by Crippen LogP contribution is -2.39. The molecule has 7 heteroatoms. The van der Waals surface area contributed by atoms with E-state index in [1.165, 1.54) is 7.11 Å². The number of rotatable bonds is 6. The lowest BCUT2D eigenvalue weighted by Gasteiger charge is -2.11. The van der Waals surface area contributed by atoms with Crippen molar-refractivity contribution in [1.29, 1.82) is 0 Å². The van der Waals surface area contributed by atoms with E-state index in [0.29, 0.717) is 11.5 Å². The molecule has 0 heterocycles. The largest absolute Gasteiger partial charge is 0.497 e. The molecule has 0 saturated carbocycles. The number of hydrogen-bond donors (Lipinski definition) is 2. The van der Waals surface area contributed by atoms with Crippen LogP contribution in [0.15, 0.2) is 18.2 Å². The van der Waals surface area contributed by atoms with Crippen LogP contribution in [0, 0.1) is 0 Å². The van der Waals surface area contributed by atoms with Gasteiger partial charge in [-0.25, -0.2) is 4.79 Å². The molecule has 20 heavy (non-hydrogen) atoms. The number of methoxy groups -OCH3 is 2. The van der Waals surface area contributed by atoms with Gasteiger partial charge in [-0.2, -0.15) is 0 Å². The van der Waals surface area contributed by atoms with Crippen LogP contribution >= 0.6 is 11.6 Å². The van der Waals surface area contributed by atoms with E-state index in [2.05, 4.69) is 10.6 Å². The van der Waals surface area contributed by atoms with Crippen molar-refractivity contribution in [3.63, 3.8) is 0 Å². The molecule has 1 aromatic rings. The first-order valence-electron chi connectivity index (χ1n) is 5.95. The summed E-state index contributed by atoms with van der Waals surface area (Å²) in [6, 6.07) is 4.68. The smallest absolute Gasteiger partial charge is 0.321 e. The summed E-state index contributed by atoms with van der Waals surface area (Å²) in [6.45, 7) is 0.229. The molecule has 0 aliphatic rings. The van der Waals surface area contributed by atoms with Gasteiger partial charge in [-0.15, -0.1) is 11.6 Å². The summed E-state index contributed by atoms with van der Waals surface area (Å²) in [6.07, 6.45) is 0.0980. The zero-order valence-electron chi connectivity index (χ0n) is 11.4. The minimum absolute atomic E-state index is 0.0980. The van der Waals surface area contributed by atoms with E-state index in [9.17, 15) is 9.59 Å². The van der Waals surface area contributed by atoms with Gasteiger partial charge >= 0.3 is 6.03 Å². The number of halogens is 1. The maximum absolute atomic E-state index is 11.5. The molecular weight excluding hydrogens is 284 g/mol. The van der Waals surface area contributed by atoms with Crippen molar-refractivity contribution in [1.82, 2.24) is 10.6 Å². The fraction of sp³-hybridized carbons (Fsp3) is 0.385. The highest BCUT2D eigenvalue weighted by Gasteiger charge is 2.09. The minimum Gasteiger partial charge on any atom is -0.497 e. The van der Waals surface area contributed by atoms with E-state index in [0.717, 1.165) is 5.56 Å². The first-order valence-corrected chi connectivity index (χ1v) is 6.48. The standard InChI is InChI=1S/C13H17ClN2O4/c1-19-10-4-3-9(11(7-10)20-2)8-15-13(18)16-12(17)5-6-14/h3-4,7H,5-6,8H2,1-2H3,(H2,15,16,17,18). The van der Waals surface area contributed by atoms with Crippen LogP contribution in [0.3, 0.4) is 0 Å². The molecule has 110 valence electrons. The Kier molecular flexibility index (Phi) is 6.66. The van der Waals surface area contributed by atoms with Crippen LogP contribution in [0.4, 0.5) is 4.79 Å². The number of benzene rings is 1. The number of amides is 3. The molecule has 0 aliphatic carbocycles. The Hall–Kier alpha value is -1.95. The molecule has 2 N–H and O–H groups in total. The van der Waals surface area contributed by atoms with Crippen LogP contribution < -0.4 is 20.1 Å². The highest BCUT2D eigenvalue weighted by molar-refractivity contribution is 6.19. The second-order valence-corrected chi connectivity index (χ2v) is 4.23. The van der Waals surface area contributed by atoms with Crippen LogP contribution in [-0.4, -0.2) is 32.0 Å². The molecule has 1 rings (SSSR count). The van der Waals surface area contributed by atoms with Gasteiger partial charge < -0.3 is 14.8 Å². The third kappa shape index (κ3) is 4.97. The fourth-order valence-corrected chi connectivity index (χ4v) is 1.66. The molecule has 1 aromatic carbocycles. The summed E-state index contributed by atoms with van der Waals surface area (Å²) in [5.41, 5.74) is 0.772. The molecule has 6 nitrogen and oxygen atoms in total. The molecule has 0 unspecified atom stereocenters. The first-order chi connectivity index (χ1) is 9.60. The van der Waals surface area contributed by atoms with E-state index in [4.69, 9.17) is 21.1 Å². The van der Waals surface area contributed by atoms with Gasteiger partial charge in [0.25, 0.3) is 0 Å². The molecule has 0 saturated heterocycles. The Morgan fingerprint density at radius 3 is 2.60 bits per heavy atom. The van der Waals surface area contributed by atoms with Crippen molar-refractivity contribution in [3.05, 3.63) is 23.8 Å². The number of ether oxygens (including phenoxy) is 2. The van der Waals surface area contributed by atoms with Crippen molar-refractivity contribution in [2.75, 3.05) is 20.1 Å². The summed E-state index contributed by atoms with van der Waals surface area (Å²) in [4.78, 5) is 22.6. The minimum atomic E-state index is -0.571. The third-order valence-corrected chi connectivity index (χ3v) is 2.70. The zero-order valence-corrected chi connectivity index (χ0v) is 12.1. The van der Waals surface area contributed by atoms with Gasteiger partial charge in [0.15, 0.2) is 0 Å². The van der Waals surface area contributed by atoms with Crippen molar-refractivity contribution < 1.29 is 19.1 Å². The summed E-state index contributed by atoms with van der Waals surface area (Å²) < 4.78 is 10.3. The zero-order chi connectivity index (χ0) is 15.0. The maximum atomic E-state index is 11.5. The van der Waals surface area contributed by atoms with E-state index >= 15 is 0 Å². The van der Waals surface area contributed by atoms with Gasteiger partial charge in [0.05, 0.1) is 14.2 Å². The molecule has 0 atom stereocenters. The fourth-order valence-electron chi connectivity index (χ4n) is 1.49. The summed E-state index contributed by atoms with van der Waals surface area (Å²) in [5.74, 6) is 1.01. The van der Waals surface area contributed by atoms with Crippen LogP contribution in [0.25, 0.3) is 0 Å². The third-order valence-electron chi connectivity index (χ3n) is 2.51. The predicted octanol–water partition coefficient (Wildman–Crippen LogP) is 1.66. The SMILES string of the molecule is COc1ccc(CNC(=O)NC(=O)CCCl)c(OC)c1. The van der Waals surface area contributed by atoms with Gasteiger partial charge in [-0.1, -0.05) is 0 Å². The van der Waals surface area contributed by atoms with Crippen molar-refractivity contribution in [3.8, 4) is 11.5 Å². The number of carbonyl (C=O) groups is 2. The number of nitrogens with one attached hydrogen (secondary N) is 2. The number of carbonyl (C=O) groups excluding carboxylic acids is 2. The molecule has 0 spiro atoms. The van der Waals surface area contributed by atoms with E-state index in [1.54, 1.807) is 25.3 Å². The Morgan fingerprint density at radius 2 is 2.00 bits per heavy atom. The van der Waals surface area contributed by atoms with E-state index in [-0.39, 0.29) is 18.8 Å². The first kappa shape index (κ1) is 16.1. The highest BCUT2D eigenvalue weighted by atomic mass is 35.5. The normalized spacial score (nSPS) is 9.75. The summed E-state index contributed by atoms with van der Waals surface area (Å²) in [7, 11) is 3.09. The molecular formula is C13H17ClN2O4. The van der Waals surface area contributed by atoms with Gasteiger partial charge in [-0.05, 0) is 12.1 Å². The Bertz CT molecular complexity index is 479. The molecule has 0 aromatic heterocycles. The van der Waals surface area contributed by atoms with Crippen molar-refractivity contribution in [2.45, 2.75) is 13.0 Å². The van der Waals surface area contributed by atoms with Gasteiger partial charge in [0.2, 0.25) is 5.91 Å². The van der Waals surface area contributed by atoms with Crippen molar-refractivity contribution in [2.24, 2.45) is 0 Å². The topological polar surface area (TPSA) is 76.7 Å². The van der Waals surface area contributed by atoms with Gasteiger partial charge in [-0.3, -0.25) is 10.1 Å². The van der Waals surface area contributed by atoms with E-state index < -0.39 is 11.9 Å². The highest BCUT2D eigenvalue weighted by Crippen LogP contribution is 2.24. The second-order valence-electron chi connectivity index (χ2n) is 3.85. The van der Waals surface area contributed by atoms with Crippen LogP contribution in [0.1, 0.15) is 12.0 Å². The molecule has 0 fully saturated rings. The Labute approximate surface area is 122 Å². The van der Waals surface area contributed by atoms with Crippen LogP contribution in [-0.2, 0) is 11.3 Å². The number of imide groups is 1. The lowest BCUT2D eigenvalue weighted by atomic mass is 10.2. The quantitative estimate of drug-likeness (QED) is 0.783. The van der Waals surface area contributed by atoms with Gasteiger partial charge in [0, 0.05) is 30.5 Å². The number of alkyl halides is 1. The molecule has 0 bridgehead atoms. The van der Waals surface area contributed by atoms with E-state index in [1.807, 2.05) is 0 Å². The monoisotopic (exact) mass is 300 g/mol. The van der Waals surface area contributed by atoms with Crippen LogP contribution in [0.2, 0.25) is 0 Å². The second kappa shape index (κ2) is 8.27. The maximum Gasteiger partial charge on any atom is 0.321 e. The average Bonchev–Trinajstić information content (AvgIpc) is 2.45. The number of hydrogen-bond acceptors (Lipinski definition) is 4. The summed E-state index contributed by atoms with van der Waals surface area (Å²) >= 11 is 5.40. The Balaban J connectivity index is 2.56.